The summed E-state index contributed by atoms with van der Waals surface area (Å²) in [4.78, 5) is 18.8. The number of nitrogens with one attached hydrogen (secondary N) is 1. The van der Waals surface area contributed by atoms with Crippen LogP contribution in [0.25, 0.3) is 11.0 Å². The summed E-state index contributed by atoms with van der Waals surface area (Å²) in [5.74, 6) is 0.448. The number of aromatic nitrogens is 3. The predicted octanol–water partition coefficient (Wildman–Crippen LogP) is 3.45. The van der Waals surface area contributed by atoms with Crippen LogP contribution in [0, 0.1) is 13.8 Å². The number of carbonyl (C=O) groups excluding carboxylic acids is 1. The van der Waals surface area contributed by atoms with E-state index in [4.69, 9.17) is 4.98 Å². The first-order valence-corrected chi connectivity index (χ1v) is 9.08. The third-order valence-corrected chi connectivity index (χ3v) is 5.63. The van der Waals surface area contributed by atoms with E-state index in [0.29, 0.717) is 18.0 Å². The first-order valence-electron chi connectivity index (χ1n) is 8.20. The number of nitrogens with zero attached hydrogens (tertiary/aromatic N) is 3. The summed E-state index contributed by atoms with van der Waals surface area (Å²) in [7, 11) is 1.88. The number of thiophene rings is 1. The van der Waals surface area contributed by atoms with E-state index in [9.17, 15) is 4.79 Å². The lowest BCUT2D eigenvalue weighted by atomic mass is 10.1. The molecule has 0 radical (unpaired) electrons. The summed E-state index contributed by atoms with van der Waals surface area (Å²) in [5.41, 5.74) is 4.58. The average molecular weight is 340 g/mol. The average Bonchev–Trinajstić information content (AvgIpc) is 3.27. The molecule has 1 fully saturated rings. The number of fused-ring (bicyclic) bond motifs is 1. The minimum Gasteiger partial charge on any atom is -0.347 e. The molecule has 0 saturated heterocycles. The maximum atomic E-state index is 12.9. The summed E-state index contributed by atoms with van der Waals surface area (Å²) in [6.07, 6.45) is 2.32. The highest BCUT2D eigenvalue weighted by molar-refractivity contribution is 7.10. The molecule has 124 valence electrons. The Morgan fingerprint density at radius 3 is 2.88 bits per heavy atom. The fourth-order valence-corrected chi connectivity index (χ4v) is 3.92. The zero-order valence-corrected chi connectivity index (χ0v) is 14.9. The van der Waals surface area contributed by atoms with Crippen molar-refractivity contribution in [2.45, 2.75) is 39.2 Å². The molecular weight excluding hydrogens is 320 g/mol. The monoisotopic (exact) mass is 340 g/mol. The minimum absolute atomic E-state index is 0.0480. The van der Waals surface area contributed by atoms with Crippen molar-refractivity contribution in [2.75, 3.05) is 0 Å². The van der Waals surface area contributed by atoms with Crippen LogP contribution in [0.15, 0.2) is 17.5 Å². The zero-order chi connectivity index (χ0) is 16.8. The highest BCUT2D eigenvalue weighted by atomic mass is 32.1. The Labute approximate surface area is 144 Å². The maximum Gasteiger partial charge on any atom is 0.252 e. The number of aryl methyl sites for hydroxylation is 3. The highest BCUT2D eigenvalue weighted by Crippen LogP contribution is 2.40. The molecule has 24 heavy (non-hydrogen) atoms. The van der Waals surface area contributed by atoms with E-state index in [1.807, 2.05) is 20.0 Å². The Morgan fingerprint density at radius 1 is 1.42 bits per heavy atom. The summed E-state index contributed by atoms with van der Waals surface area (Å²) < 4.78 is 1.77. The molecule has 1 aliphatic carbocycles. The van der Waals surface area contributed by atoms with Crippen LogP contribution in [0.4, 0.5) is 0 Å². The van der Waals surface area contributed by atoms with Gasteiger partial charge in [0.05, 0.1) is 23.2 Å². The molecular formula is C18H20N4OS. The van der Waals surface area contributed by atoms with Gasteiger partial charge >= 0.3 is 0 Å². The second-order valence-corrected chi connectivity index (χ2v) is 7.49. The zero-order valence-electron chi connectivity index (χ0n) is 14.1. The van der Waals surface area contributed by atoms with Crippen LogP contribution in [0.1, 0.15) is 50.9 Å². The lowest BCUT2D eigenvalue weighted by Gasteiger charge is -2.09. The molecule has 4 rings (SSSR count). The predicted molar refractivity (Wildman–Crippen MR) is 95.4 cm³/mol. The smallest absolute Gasteiger partial charge is 0.252 e. The quantitative estimate of drug-likeness (QED) is 0.791. The van der Waals surface area contributed by atoms with Gasteiger partial charge in [-0.1, -0.05) is 0 Å². The number of hydrogen-bond donors (Lipinski definition) is 1. The number of rotatable bonds is 4. The Hall–Kier alpha value is -2.21. The summed E-state index contributed by atoms with van der Waals surface area (Å²) >= 11 is 1.67. The lowest BCUT2D eigenvalue weighted by Crippen LogP contribution is -2.23. The first-order chi connectivity index (χ1) is 11.5. The van der Waals surface area contributed by atoms with Crippen LogP contribution in [0.3, 0.4) is 0 Å². The highest BCUT2D eigenvalue weighted by Gasteiger charge is 2.28. The Balaban J connectivity index is 1.71. The van der Waals surface area contributed by atoms with Crippen LogP contribution in [0.2, 0.25) is 0 Å². The van der Waals surface area contributed by atoms with Crippen LogP contribution >= 0.6 is 11.3 Å². The third-order valence-electron chi connectivity index (χ3n) is 4.61. The maximum absolute atomic E-state index is 12.9. The van der Waals surface area contributed by atoms with Gasteiger partial charge in [0.1, 0.15) is 0 Å². The number of pyridine rings is 1. The molecule has 1 saturated carbocycles. The Kier molecular flexibility index (Phi) is 3.64. The van der Waals surface area contributed by atoms with E-state index in [2.05, 4.69) is 28.8 Å². The van der Waals surface area contributed by atoms with Gasteiger partial charge in [0, 0.05) is 23.5 Å². The molecule has 0 bridgehead atoms. The molecule has 3 heterocycles. The van der Waals surface area contributed by atoms with Crippen molar-refractivity contribution in [3.05, 3.63) is 44.9 Å². The molecule has 0 spiro atoms. The van der Waals surface area contributed by atoms with Gasteiger partial charge in [0.2, 0.25) is 0 Å². The Morgan fingerprint density at radius 2 is 2.21 bits per heavy atom. The number of amides is 1. The molecule has 1 amide bonds. The van der Waals surface area contributed by atoms with Gasteiger partial charge in [-0.05, 0) is 49.8 Å². The fourth-order valence-electron chi connectivity index (χ4n) is 3.07. The van der Waals surface area contributed by atoms with Crippen LogP contribution in [-0.4, -0.2) is 20.7 Å². The largest absolute Gasteiger partial charge is 0.347 e. The van der Waals surface area contributed by atoms with Crippen molar-refractivity contribution in [3.8, 4) is 0 Å². The minimum atomic E-state index is -0.0480. The van der Waals surface area contributed by atoms with E-state index < -0.39 is 0 Å². The molecule has 0 atom stereocenters. The van der Waals surface area contributed by atoms with Gasteiger partial charge < -0.3 is 5.32 Å². The molecule has 0 aromatic carbocycles. The van der Waals surface area contributed by atoms with Gasteiger partial charge in [-0.15, -0.1) is 11.3 Å². The van der Waals surface area contributed by atoms with Crippen LogP contribution in [0.5, 0.6) is 0 Å². The van der Waals surface area contributed by atoms with Crippen LogP contribution in [-0.2, 0) is 13.6 Å². The molecule has 1 aliphatic rings. The van der Waals surface area contributed by atoms with E-state index in [0.717, 1.165) is 35.3 Å². The van der Waals surface area contributed by atoms with Crippen molar-refractivity contribution in [3.63, 3.8) is 0 Å². The molecule has 6 heteroatoms. The number of hydrogen-bond acceptors (Lipinski definition) is 4. The van der Waals surface area contributed by atoms with Gasteiger partial charge in [-0.25, -0.2) is 4.98 Å². The van der Waals surface area contributed by atoms with E-state index in [1.54, 1.807) is 16.0 Å². The normalized spacial score (nSPS) is 14.3. The summed E-state index contributed by atoms with van der Waals surface area (Å²) in [5, 5.41) is 10.4. The lowest BCUT2D eigenvalue weighted by molar-refractivity contribution is 0.0952. The molecule has 0 aliphatic heterocycles. The summed E-state index contributed by atoms with van der Waals surface area (Å²) in [6.45, 7) is 4.56. The van der Waals surface area contributed by atoms with E-state index in [-0.39, 0.29) is 5.91 Å². The van der Waals surface area contributed by atoms with Crippen molar-refractivity contribution < 1.29 is 4.79 Å². The molecule has 5 nitrogen and oxygen atoms in total. The standard InChI is InChI=1S/C18H20N4OS/c1-10-6-7-24-15(10)9-19-18(23)13-8-14(12-4-5-12)20-17-16(13)11(2)21-22(17)3/h6-8,12H,4-5,9H2,1-3H3,(H,19,23). The molecule has 1 N–H and O–H groups in total. The van der Waals surface area contributed by atoms with Crippen molar-refractivity contribution >= 4 is 28.3 Å². The number of carbonyl (C=O) groups is 1. The van der Waals surface area contributed by atoms with E-state index in [1.165, 1.54) is 10.4 Å². The molecule has 0 unspecified atom stereocenters. The van der Waals surface area contributed by atoms with Gasteiger partial charge in [0.15, 0.2) is 5.65 Å². The third kappa shape index (κ3) is 2.60. The SMILES string of the molecule is Cc1ccsc1CNC(=O)c1cc(C2CC2)nc2c1c(C)nn2C. The van der Waals surface area contributed by atoms with Crippen molar-refractivity contribution in [1.82, 2.24) is 20.1 Å². The topological polar surface area (TPSA) is 59.8 Å². The van der Waals surface area contributed by atoms with E-state index >= 15 is 0 Å². The fraction of sp³-hybridized carbons (Fsp3) is 0.389. The first kappa shape index (κ1) is 15.3. The second kappa shape index (κ2) is 5.70. The van der Waals surface area contributed by atoms with Crippen molar-refractivity contribution in [2.24, 2.45) is 7.05 Å². The molecule has 3 aromatic heterocycles. The van der Waals surface area contributed by atoms with Crippen LogP contribution < -0.4 is 5.32 Å². The van der Waals surface area contributed by atoms with Gasteiger partial charge in [-0.2, -0.15) is 5.10 Å². The second-order valence-electron chi connectivity index (χ2n) is 6.49. The van der Waals surface area contributed by atoms with Gasteiger partial charge in [-0.3, -0.25) is 9.48 Å². The Bertz CT molecular complexity index is 936. The molecule has 3 aromatic rings. The summed E-state index contributed by atoms with van der Waals surface area (Å²) in [6, 6.07) is 4.04. The van der Waals surface area contributed by atoms with Crippen molar-refractivity contribution in [1.29, 1.82) is 0 Å². The van der Waals surface area contributed by atoms with Gasteiger partial charge in [0.25, 0.3) is 5.91 Å².